The summed E-state index contributed by atoms with van der Waals surface area (Å²) in [6.45, 7) is 5.82. The summed E-state index contributed by atoms with van der Waals surface area (Å²) in [5.74, 6) is 0. The van der Waals surface area contributed by atoms with Crippen molar-refractivity contribution in [3.63, 3.8) is 0 Å². The zero-order chi connectivity index (χ0) is 12.8. The van der Waals surface area contributed by atoms with Crippen LogP contribution in [0.25, 0.3) is 0 Å². The molecule has 0 aromatic heterocycles. The Morgan fingerprint density at radius 2 is 1.88 bits per heavy atom. The van der Waals surface area contributed by atoms with Crippen LogP contribution in [0.4, 0.5) is 4.79 Å². The molecule has 1 aromatic rings. The van der Waals surface area contributed by atoms with Gasteiger partial charge in [-0.25, -0.2) is 4.79 Å². The van der Waals surface area contributed by atoms with Crippen LogP contribution in [0.1, 0.15) is 26.3 Å². The molecule has 0 fully saturated rings. The molecule has 1 unspecified atom stereocenters. The fourth-order valence-corrected chi connectivity index (χ4v) is 1.79. The standard InChI is InChI=1S/C13H19ClN2O/c1-9(2)15-13(17)16-10(3)8-11-6-4-5-7-12(11)14/h4-7,9-10H,8H2,1-3H3,(H2,15,16,17). The molecule has 1 rings (SSSR count). The highest BCUT2D eigenvalue weighted by molar-refractivity contribution is 6.31. The van der Waals surface area contributed by atoms with Gasteiger partial charge in [0.25, 0.3) is 0 Å². The summed E-state index contributed by atoms with van der Waals surface area (Å²) in [7, 11) is 0. The minimum absolute atomic E-state index is 0.0497. The minimum Gasteiger partial charge on any atom is -0.336 e. The summed E-state index contributed by atoms with van der Waals surface area (Å²) in [6, 6.07) is 7.73. The Morgan fingerprint density at radius 3 is 2.47 bits per heavy atom. The Hall–Kier alpha value is -1.22. The Bertz CT molecular complexity index is 379. The third-order valence-electron chi connectivity index (χ3n) is 2.28. The highest BCUT2D eigenvalue weighted by atomic mass is 35.5. The second-order valence-corrected chi connectivity index (χ2v) is 4.88. The summed E-state index contributed by atoms with van der Waals surface area (Å²) in [5, 5.41) is 6.41. The van der Waals surface area contributed by atoms with E-state index in [0.29, 0.717) is 0 Å². The number of amides is 2. The quantitative estimate of drug-likeness (QED) is 0.852. The van der Waals surface area contributed by atoms with E-state index in [-0.39, 0.29) is 18.1 Å². The number of hydrogen-bond donors (Lipinski definition) is 2. The van der Waals surface area contributed by atoms with Gasteiger partial charge in [-0.15, -0.1) is 0 Å². The van der Waals surface area contributed by atoms with Gasteiger partial charge in [-0.05, 0) is 38.8 Å². The van der Waals surface area contributed by atoms with Crippen molar-refractivity contribution < 1.29 is 4.79 Å². The number of hydrogen-bond acceptors (Lipinski definition) is 1. The first-order valence-corrected chi connectivity index (χ1v) is 6.17. The number of rotatable bonds is 4. The van der Waals surface area contributed by atoms with Crippen LogP contribution < -0.4 is 10.6 Å². The summed E-state index contributed by atoms with van der Waals surface area (Å²) >= 11 is 6.06. The van der Waals surface area contributed by atoms with E-state index in [1.807, 2.05) is 45.0 Å². The second-order valence-electron chi connectivity index (χ2n) is 4.47. The fourth-order valence-electron chi connectivity index (χ4n) is 1.57. The molecular weight excluding hydrogens is 236 g/mol. The molecule has 4 heteroatoms. The van der Waals surface area contributed by atoms with E-state index in [1.54, 1.807) is 0 Å². The lowest BCUT2D eigenvalue weighted by Crippen LogP contribution is -2.44. The van der Waals surface area contributed by atoms with E-state index in [1.165, 1.54) is 0 Å². The molecule has 17 heavy (non-hydrogen) atoms. The van der Waals surface area contributed by atoms with E-state index in [4.69, 9.17) is 11.6 Å². The molecule has 2 N–H and O–H groups in total. The van der Waals surface area contributed by atoms with E-state index in [9.17, 15) is 4.79 Å². The number of halogens is 1. The normalized spacial score (nSPS) is 12.3. The molecule has 0 heterocycles. The first-order valence-electron chi connectivity index (χ1n) is 5.79. The molecule has 1 atom stereocenters. The number of carbonyl (C=O) groups excluding carboxylic acids is 1. The number of nitrogens with one attached hydrogen (secondary N) is 2. The molecule has 0 radical (unpaired) electrons. The maximum atomic E-state index is 11.5. The number of urea groups is 1. The summed E-state index contributed by atoms with van der Waals surface area (Å²) in [4.78, 5) is 11.5. The minimum atomic E-state index is -0.139. The third-order valence-corrected chi connectivity index (χ3v) is 2.65. The first kappa shape index (κ1) is 13.8. The van der Waals surface area contributed by atoms with Crippen LogP contribution >= 0.6 is 11.6 Å². The topological polar surface area (TPSA) is 41.1 Å². The molecule has 94 valence electrons. The third kappa shape index (κ3) is 5.09. The molecule has 1 aromatic carbocycles. The van der Waals surface area contributed by atoms with Crippen LogP contribution in [0.15, 0.2) is 24.3 Å². The Morgan fingerprint density at radius 1 is 1.24 bits per heavy atom. The van der Waals surface area contributed by atoms with Crippen molar-refractivity contribution in [1.29, 1.82) is 0 Å². The smallest absolute Gasteiger partial charge is 0.315 e. The molecular formula is C13H19ClN2O. The van der Waals surface area contributed by atoms with Crippen LogP contribution in [0, 0.1) is 0 Å². The van der Waals surface area contributed by atoms with Crippen molar-refractivity contribution >= 4 is 17.6 Å². The van der Waals surface area contributed by atoms with E-state index < -0.39 is 0 Å². The summed E-state index contributed by atoms with van der Waals surface area (Å²) < 4.78 is 0. The van der Waals surface area contributed by atoms with Gasteiger partial charge in [-0.3, -0.25) is 0 Å². The van der Waals surface area contributed by atoms with Gasteiger partial charge in [0, 0.05) is 17.1 Å². The van der Waals surface area contributed by atoms with Crippen LogP contribution in [0.2, 0.25) is 5.02 Å². The molecule has 0 aliphatic carbocycles. The van der Waals surface area contributed by atoms with Crippen LogP contribution in [0.5, 0.6) is 0 Å². The first-order chi connectivity index (χ1) is 7.99. The summed E-state index contributed by atoms with van der Waals surface area (Å²) in [6.07, 6.45) is 0.727. The van der Waals surface area contributed by atoms with Gasteiger partial charge < -0.3 is 10.6 Å². The van der Waals surface area contributed by atoms with Crippen LogP contribution in [0.3, 0.4) is 0 Å². The second kappa shape index (κ2) is 6.50. The Balaban J connectivity index is 2.47. The van der Waals surface area contributed by atoms with Crippen molar-refractivity contribution in [1.82, 2.24) is 10.6 Å². The Kier molecular flexibility index (Phi) is 5.29. The molecule has 0 saturated heterocycles. The van der Waals surface area contributed by atoms with Gasteiger partial charge in [-0.1, -0.05) is 29.8 Å². The van der Waals surface area contributed by atoms with Gasteiger partial charge in [0.05, 0.1) is 0 Å². The predicted octanol–water partition coefficient (Wildman–Crippen LogP) is 2.98. The molecule has 3 nitrogen and oxygen atoms in total. The van der Waals surface area contributed by atoms with Gasteiger partial charge >= 0.3 is 6.03 Å². The zero-order valence-electron chi connectivity index (χ0n) is 10.5. The lowest BCUT2D eigenvalue weighted by Gasteiger charge is -2.16. The maximum Gasteiger partial charge on any atom is 0.315 e. The molecule has 0 spiro atoms. The monoisotopic (exact) mass is 254 g/mol. The molecule has 0 aliphatic heterocycles. The van der Waals surface area contributed by atoms with Gasteiger partial charge in [0.2, 0.25) is 0 Å². The van der Waals surface area contributed by atoms with Crippen LogP contribution in [-0.2, 0) is 6.42 Å². The van der Waals surface area contributed by atoms with Gasteiger partial charge in [0.15, 0.2) is 0 Å². The lowest BCUT2D eigenvalue weighted by atomic mass is 10.1. The average molecular weight is 255 g/mol. The van der Waals surface area contributed by atoms with Crippen molar-refractivity contribution in [3.8, 4) is 0 Å². The maximum absolute atomic E-state index is 11.5. The van der Waals surface area contributed by atoms with Crippen molar-refractivity contribution in [2.45, 2.75) is 39.3 Å². The summed E-state index contributed by atoms with van der Waals surface area (Å²) in [5.41, 5.74) is 1.05. The van der Waals surface area contributed by atoms with Crippen molar-refractivity contribution in [2.24, 2.45) is 0 Å². The average Bonchev–Trinajstić information content (AvgIpc) is 2.19. The van der Waals surface area contributed by atoms with Gasteiger partial charge in [-0.2, -0.15) is 0 Å². The van der Waals surface area contributed by atoms with Crippen molar-refractivity contribution in [2.75, 3.05) is 0 Å². The van der Waals surface area contributed by atoms with E-state index >= 15 is 0 Å². The lowest BCUT2D eigenvalue weighted by molar-refractivity contribution is 0.235. The van der Waals surface area contributed by atoms with E-state index in [0.717, 1.165) is 17.0 Å². The van der Waals surface area contributed by atoms with Gasteiger partial charge in [0.1, 0.15) is 0 Å². The molecule has 0 bridgehead atoms. The Labute approximate surface area is 108 Å². The molecule has 0 saturated carbocycles. The predicted molar refractivity (Wildman–Crippen MR) is 71.4 cm³/mol. The zero-order valence-corrected chi connectivity index (χ0v) is 11.2. The SMILES string of the molecule is CC(C)NC(=O)NC(C)Cc1ccccc1Cl. The number of benzene rings is 1. The number of carbonyl (C=O) groups is 1. The van der Waals surface area contributed by atoms with Crippen LogP contribution in [-0.4, -0.2) is 18.1 Å². The molecule has 2 amide bonds. The highest BCUT2D eigenvalue weighted by Crippen LogP contribution is 2.16. The largest absolute Gasteiger partial charge is 0.336 e. The molecule has 0 aliphatic rings. The highest BCUT2D eigenvalue weighted by Gasteiger charge is 2.10. The van der Waals surface area contributed by atoms with E-state index in [2.05, 4.69) is 10.6 Å². The van der Waals surface area contributed by atoms with Crippen molar-refractivity contribution in [3.05, 3.63) is 34.9 Å². The fraction of sp³-hybridized carbons (Fsp3) is 0.462.